The molecule has 0 atom stereocenters. The minimum absolute atomic E-state index is 0.0845. The van der Waals surface area contributed by atoms with Crippen molar-refractivity contribution in [3.63, 3.8) is 0 Å². The van der Waals surface area contributed by atoms with E-state index < -0.39 is 41.0 Å². The van der Waals surface area contributed by atoms with Crippen molar-refractivity contribution in [2.45, 2.75) is 57.8 Å². The Morgan fingerprint density at radius 2 is 0.653 bits per heavy atom. The van der Waals surface area contributed by atoms with Gasteiger partial charge in [-0.2, -0.15) is 0 Å². The van der Waals surface area contributed by atoms with Crippen LogP contribution in [-0.4, -0.2) is 241 Å². The number of amides is 5. The van der Waals surface area contributed by atoms with Crippen molar-refractivity contribution in [1.29, 1.82) is 0 Å². The predicted octanol–water partition coefficient (Wildman–Crippen LogP) is -0.171. The van der Waals surface area contributed by atoms with E-state index in [0.717, 1.165) is 0 Å². The normalized spacial score (nSPS) is 15.7. The topological polar surface area (TPSA) is 268 Å². The molecule has 3 heterocycles. The molecule has 25 nitrogen and oxygen atoms in total. The SMILES string of the molecule is C#CCOCCOCCOCCOCCOCCOCCOCCOCCOCCOCCOCCOCCOCCC(=O)N1CCC(CC(=O)ON2C(=O)CCC2=O)(CC(=O)ON2C(=O)CCC2=O)CC1. The van der Waals surface area contributed by atoms with Gasteiger partial charge in [0.2, 0.25) is 5.91 Å². The molecule has 5 amide bonds. The molecule has 3 aliphatic heterocycles. The van der Waals surface area contributed by atoms with Crippen LogP contribution in [0.1, 0.15) is 57.8 Å². The summed E-state index contributed by atoms with van der Waals surface area (Å²) in [5, 5.41) is 0.846. The summed E-state index contributed by atoms with van der Waals surface area (Å²) < 4.78 is 70.8. The molecule has 3 rings (SSSR count). The number of hydrogen-bond donors (Lipinski definition) is 0. The first-order chi connectivity index (χ1) is 35.1. The summed E-state index contributed by atoms with van der Waals surface area (Å²) in [6.45, 7) is 11.3. The van der Waals surface area contributed by atoms with E-state index >= 15 is 0 Å². The number of nitrogens with zero attached hydrogens (tertiary/aromatic N) is 3. The number of hydrogen-bond acceptors (Lipinski definition) is 22. The Morgan fingerprint density at radius 3 is 0.917 bits per heavy atom. The van der Waals surface area contributed by atoms with Crippen molar-refractivity contribution in [1.82, 2.24) is 15.0 Å². The number of rotatable bonds is 46. The Hall–Kier alpha value is -4.27. The minimum Gasteiger partial charge on any atom is -0.379 e. The van der Waals surface area contributed by atoms with Gasteiger partial charge in [0.25, 0.3) is 23.6 Å². The van der Waals surface area contributed by atoms with Crippen LogP contribution >= 0.6 is 0 Å². The van der Waals surface area contributed by atoms with Gasteiger partial charge < -0.3 is 76.2 Å². The summed E-state index contributed by atoms with van der Waals surface area (Å²) in [6.07, 6.45) is 4.42. The summed E-state index contributed by atoms with van der Waals surface area (Å²) in [5.74, 6) is -2.24. The van der Waals surface area contributed by atoms with Crippen LogP contribution in [0.5, 0.6) is 0 Å². The Kier molecular flexibility index (Phi) is 34.6. The smallest absolute Gasteiger partial charge is 0.333 e. The van der Waals surface area contributed by atoms with Gasteiger partial charge >= 0.3 is 11.9 Å². The molecule has 0 unspecified atom stereocenters. The second-order valence-electron chi connectivity index (χ2n) is 16.2. The highest BCUT2D eigenvalue weighted by molar-refractivity contribution is 6.02. The summed E-state index contributed by atoms with van der Waals surface area (Å²) in [7, 11) is 0. The van der Waals surface area contributed by atoms with Crippen molar-refractivity contribution in [3.8, 4) is 12.3 Å². The average molecular weight is 1030 g/mol. The second kappa shape index (κ2) is 40.2. The number of likely N-dealkylation sites (tertiary alicyclic amines) is 1. The lowest BCUT2D eigenvalue weighted by Crippen LogP contribution is -2.46. The fourth-order valence-corrected chi connectivity index (χ4v) is 6.93. The third kappa shape index (κ3) is 28.8. The molecule has 0 aromatic carbocycles. The van der Waals surface area contributed by atoms with Gasteiger partial charge in [0.15, 0.2) is 0 Å². The lowest BCUT2D eigenvalue weighted by molar-refractivity contribution is -0.203. The Morgan fingerprint density at radius 1 is 0.403 bits per heavy atom. The molecule has 0 bridgehead atoms. The van der Waals surface area contributed by atoms with Gasteiger partial charge in [-0.25, -0.2) is 9.59 Å². The molecule has 0 saturated carbocycles. The van der Waals surface area contributed by atoms with Gasteiger partial charge in [0.05, 0.1) is 184 Å². The lowest BCUT2D eigenvalue weighted by Gasteiger charge is -2.41. The monoisotopic (exact) mass is 1030 g/mol. The number of carbonyl (C=O) groups excluding carboxylic acids is 7. The van der Waals surface area contributed by atoms with Gasteiger partial charge in [-0.05, 0) is 18.3 Å². The van der Waals surface area contributed by atoms with E-state index in [2.05, 4.69) is 5.92 Å². The highest BCUT2D eigenvalue weighted by atomic mass is 16.7. The van der Waals surface area contributed by atoms with Crippen molar-refractivity contribution in [3.05, 3.63) is 0 Å². The van der Waals surface area contributed by atoms with Crippen LogP contribution in [0.25, 0.3) is 0 Å². The Bertz CT molecular complexity index is 1520. The van der Waals surface area contributed by atoms with E-state index in [0.29, 0.717) is 162 Å². The van der Waals surface area contributed by atoms with E-state index in [1.165, 1.54) is 0 Å². The van der Waals surface area contributed by atoms with Crippen LogP contribution in [0.2, 0.25) is 0 Å². The molecular formula is C47H75N3O22. The predicted molar refractivity (Wildman–Crippen MR) is 246 cm³/mol. The van der Waals surface area contributed by atoms with E-state index in [1.807, 2.05) is 0 Å². The van der Waals surface area contributed by atoms with Crippen LogP contribution in [0.15, 0.2) is 0 Å². The van der Waals surface area contributed by atoms with Gasteiger partial charge in [0, 0.05) is 38.8 Å². The number of hydroxylamine groups is 4. The van der Waals surface area contributed by atoms with Gasteiger partial charge in [-0.15, -0.1) is 16.5 Å². The lowest BCUT2D eigenvalue weighted by atomic mass is 9.73. The van der Waals surface area contributed by atoms with E-state index in [4.69, 9.17) is 77.7 Å². The fourth-order valence-electron chi connectivity index (χ4n) is 6.93. The van der Waals surface area contributed by atoms with Gasteiger partial charge in [-0.3, -0.25) is 24.0 Å². The second-order valence-corrected chi connectivity index (χ2v) is 16.2. The highest BCUT2D eigenvalue weighted by Gasteiger charge is 2.43. The zero-order chi connectivity index (χ0) is 51.8. The molecule has 0 radical (unpaired) electrons. The van der Waals surface area contributed by atoms with E-state index in [9.17, 15) is 33.6 Å². The number of ether oxygens (including phenoxy) is 13. The van der Waals surface area contributed by atoms with Gasteiger partial charge in [-0.1, -0.05) is 5.92 Å². The molecule has 0 aromatic heterocycles. The summed E-state index contributed by atoms with van der Waals surface area (Å²) >= 11 is 0. The summed E-state index contributed by atoms with van der Waals surface area (Å²) in [5.41, 5.74) is -1.10. The molecule has 410 valence electrons. The molecule has 0 aliphatic carbocycles. The molecule has 3 aliphatic rings. The van der Waals surface area contributed by atoms with Crippen LogP contribution in [0, 0.1) is 17.8 Å². The van der Waals surface area contributed by atoms with Crippen molar-refractivity contribution in [2.75, 3.05) is 185 Å². The maximum Gasteiger partial charge on any atom is 0.333 e. The fraction of sp³-hybridized carbons (Fsp3) is 0.809. The zero-order valence-corrected chi connectivity index (χ0v) is 41.6. The number of carbonyl (C=O) groups is 7. The van der Waals surface area contributed by atoms with Crippen LogP contribution in [0.3, 0.4) is 0 Å². The molecular weight excluding hydrogens is 959 g/mol. The van der Waals surface area contributed by atoms with E-state index in [1.54, 1.807) is 4.90 Å². The first-order valence-corrected chi connectivity index (χ1v) is 24.5. The Labute approximate surface area is 421 Å². The molecule has 3 fully saturated rings. The van der Waals surface area contributed by atoms with E-state index in [-0.39, 0.29) is 96.6 Å². The number of piperidine rings is 1. The maximum atomic E-state index is 13.0. The quantitative estimate of drug-likeness (QED) is 0.0435. The first-order valence-electron chi connectivity index (χ1n) is 24.5. The van der Waals surface area contributed by atoms with Gasteiger partial charge in [0.1, 0.15) is 6.61 Å². The highest BCUT2D eigenvalue weighted by Crippen LogP contribution is 2.40. The number of terminal acetylenes is 1. The largest absolute Gasteiger partial charge is 0.379 e. The maximum absolute atomic E-state index is 13.0. The zero-order valence-electron chi connectivity index (χ0n) is 41.6. The first kappa shape index (κ1) is 62.0. The number of imide groups is 2. The standard InChI is InChI=1S/C47H75N3O22/c1-2-12-58-14-16-60-18-20-62-22-24-64-26-28-66-30-32-68-34-36-70-37-35-69-33-31-67-29-27-65-25-23-63-21-19-61-17-15-59-13-7-40(51)48-10-8-47(9-11-48,38-45(56)71-49-41(52)3-4-42(49)53)39-46(57)72-50-43(54)5-6-44(50)55/h1H,3-39H2. The van der Waals surface area contributed by atoms with Crippen LogP contribution in [0.4, 0.5) is 0 Å². The average Bonchev–Trinajstić information content (AvgIpc) is 3.86. The Balaban J connectivity index is 1.04. The van der Waals surface area contributed by atoms with Crippen molar-refractivity contribution in [2.24, 2.45) is 5.41 Å². The molecule has 3 saturated heterocycles. The van der Waals surface area contributed by atoms with Crippen molar-refractivity contribution < 1.29 is 105 Å². The molecule has 0 spiro atoms. The molecule has 72 heavy (non-hydrogen) atoms. The molecule has 0 aromatic rings. The summed E-state index contributed by atoms with van der Waals surface area (Å²) in [6, 6.07) is 0. The third-order valence-electron chi connectivity index (χ3n) is 10.7. The van der Waals surface area contributed by atoms with Crippen LogP contribution in [-0.2, 0) is 105 Å². The third-order valence-corrected chi connectivity index (χ3v) is 10.7. The van der Waals surface area contributed by atoms with Crippen LogP contribution < -0.4 is 0 Å². The minimum atomic E-state index is -1.10. The summed E-state index contributed by atoms with van der Waals surface area (Å²) in [4.78, 5) is 98.4. The molecule has 0 N–H and O–H groups in total. The molecule has 25 heteroatoms. The van der Waals surface area contributed by atoms with Crippen molar-refractivity contribution >= 4 is 41.5 Å².